The second-order valence-corrected chi connectivity index (χ2v) is 4.90. The van der Waals surface area contributed by atoms with Crippen molar-refractivity contribution in [2.45, 2.75) is 38.3 Å². The van der Waals surface area contributed by atoms with Gasteiger partial charge in [-0.2, -0.15) is 0 Å². The Balaban J connectivity index is 2.15. The van der Waals surface area contributed by atoms with E-state index < -0.39 is 0 Å². The fraction of sp³-hybridized carbons (Fsp3) is 0.900. The second-order valence-electron chi connectivity index (χ2n) is 4.90. The maximum atomic E-state index is 11.8. The van der Waals surface area contributed by atoms with Gasteiger partial charge in [0.25, 0.3) is 0 Å². The Morgan fingerprint density at radius 2 is 2.21 bits per heavy atom. The van der Waals surface area contributed by atoms with Gasteiger partial charge in [0.15, 0.2) is 0 Å². The summed E-state index contributed by atoms with van der Waals surface area (Å²) in [7, 11) is 2.02. The zero-order chi connectivity index (χ0) is 10.3. The third-order valence-corrected chi connectivity index (χ3v) is 3.42. The van der Waals surface area contributed by atoms with Gasteiger partial charge in [0.2, 0.25) is 5.91 Å². The Hall–Kier alpha value is -0.610. The minimum absolute atomic E-state index is 0.0142. The van der Waals surface area contributed by atoms with Crippen LogP contribution in [0, 0.1) is 0 Å². The van der Waals surface area contributed by atoms with Gasteiger partial charge in [-0.25, -0.2) is 5.01 Å². The first-order valence-corrected chi connectivity index (χ1v) is 5.29. The molecule has 4 nitrogen and oxygen atoms in total. The molecule has 1 N–H and O–H groups in total. The van der Waals surface area contributed by atoms with Crippen LogP contribution in [0.2, 0.25) is 0 Å². The summed E-state index contributed by atoms with van der Waals surface area (Å²) in [6.07, 6.45) is 1.71. The van der Waals surface area contributed by atoms with E-state index in [9.17, 15) is 4.79 Å². The second kappa shape index (κ2) is 3.21. The Bertz CT molecular complexity index is 246. The number of rotatable bonds is 1. The molecular formula is C10H19N3O. The molecule has 0 spiro atoms. The average Bonchev–Trinajstić information content (AvgIpc) is 2.61. The normalized spacial score (nSPS) is 32.9. The van der Waals surface area contributed by atoms with Gasteiger partial charge < -0.3 is 5.32 Å². The van der Waals surface area contributed by atoms with Crippen LogP contribution in [0.5, 0.6) is 0 Å². The van der Waals surface area contributed by atoms with Gasteiger partial charge in [-0.15, -0.1) is 0 Å². The molecule has 0 aliphatic carbocycles. The van der Waals surface area contributed by atoms with Gasteiger partial charge in [0.05, 0.1) is 6.04 Å². The van der Waals surface area contributed by atoms with Crippen LogP contribution >= 0.6 is 0 Å². The first-order valence-electron chi connectivity index (χ1n) is 5.29. The molecular weight excluding hydrogens is 178 g/mol. The minimum Gasteiger partial charge on any atom is -0.315 e. The van der Waals surface area contributed by atoms with Crippen molar-refractivity contribution in [3.63, 3.8) is 0 Å². The van der Waals surface area contributed by atoms with E-state index in [1.807, 2.05) is 12.1 Å². The van der Waals surface area contributed by atoms with Crippen LogP contribution in [-0.4, -0.2) is 47.6 Å². The molecule has 0 aromatic heterocycles. The smallest absolute Gasteiger partial charge is 0.239 e. The minimum atomic E-state index is -0.0142. The van der Waals surface area contributed by atoms with Crippen molar-refractivity contribution in [2.24, 2.45) is 0 Å². The largest absolute Gasteiger partial charge is 0.315 e. The quantitative estimate of drug-likeness (QED) is 0.652. The van der Waals surface area contributed by atoms with Crippen LogP contribution in [0.3, 0.4) is 0 Å². The van der Waals surface area contributed by atoms with E-state index in [1.165, 1.54) is 0 Å². The van der Waals surface area contributed by atoms with Crippen molar-refractivity contribution in [3.05, 3.63) is 0 Å². The molecule has 80 valence electrons. The molecule has 14 heavy (non-hydrogen) atoms. The molecule has 0 aromatic carbocycles. The number of carbonyl (C=O) groups is 1. The molecule has 1 amide bonds. The SMILES string of the molecule is CN1N(C2CCNC2)C(=O)CC1(C)C. The summed E-state index contributed by atoms with van der Waals surface area (Å²) in [5.74, 6) is 0.270. The number of carbonyl (C=O) groups excluding carboxylic acids is 1. The standard InChI is InChI=1S/C10H19N3O/c1-10(2)6-9(14)13(12(10)3)8-4-5-11-7-8/h8,11H,4-7H2,1-3H3. The first-order chi connectivity index (χ1) is 6.52. The summed E-state index contributed by atoms with van der Waals surface area (Å²) in [5, 5.41) is 7.35. The molecule has 1 atom stereocenters. The number of nitrogens with one attached hydrogen (secondary N) is 1. The van der Waals surface area contributed by atoms with E-state index in [0.29, 0.717) is 12.5 Å². The van der Waals surface area contributed by atoms with Crippen molar-refractivity contribution >= 4 is 5.91 Å². The highest BCUT2D eigenvalue weighted by Gasteiger charge is 2.44. The monoisotopic (exact) mass is 197 g/mol. The lowest BCUT2D eigenvalue weighted by Crippen LogP contribution is -2.49. The Morgan fingerprint density at radius 1 is 1.50 bits per heavy atom. The zero-order valence-corrected chi connectivity index (χ0v) is 9.21. The summed E-state index contributed by atoms with van der Waals surface area (Å²) in [6, 6.07) is 0.370. The van der Waals surface area contributed by atoms with E-state index >= 15 is 0 Å². The predicted molar refractivity (Wildman–Crippen MR) is 54.6 cm³/mol. The van der Waals surface area contributed by atoms with Crippen LogP contribution in [-0.2, 0) is 4.79 Å². The molecule has 1 unspecified atom stereocenters. The fourth-order valence-electron chi connectivity index (χ4n) is 2.32. The summed E-state index contributed by atoms with van der Waals surface area (Å²) >= 11 is 0. The third kappa shape index (κ3) is 1.42. The number of hydrogen-bond donors (Lipinski definition) is 1. The van der Waals surface area contributed by atoms with E-state index in [1.54, 1.807) is 0 Å². The van der Waals surface area contributed by atoms with Crippen LogP contribution in [0.4, 0.5) is 0 Å². The van der Waals surface area contributed by atoms with Crippen molar-refractivity contribution in [3.8, 4) is 0 Å². The highest BCUT2D eigenvalue weighted by atomic mass is 16.2. The van der Waals surface area contributed by atoms with Crippen molar-refractivity contribution in [1.82, 2.24) is 15.3 Å². The third-order valence-electron chi connectivity index (χ3n) is 3.42. The number of amides is 1. The summed E-state index contributed by atoms with van der Waals surface area (Å²) < 4.78 is 0. The van der Waals surface area contributed by atoms with E-state index in [2.05, 4.69) is 24.2 Å². The molecule has 2 fully saturated rings. The number of hydrogen-bond acceptors (Lipinski definition) is 3. The molecule has 2 rings (SSSR count). The molecule has 0 saturated carbocycles. The highest BCUT2D eigenvalue weighted by molar-refractivity contribution is 5.79. The number of nitrogens with zero attached hydrogens (tertiary/aromatic N) is 2. The maximum absolute atomic E-state index is 11.8. The van der Waals surface area contributed by atoms with Crippen molar-refractivity contribution in [1.29, 1.82) is 0 Å². The molecule has 4 heteroatoms. The van der Waals surface area contributed by atoms with Gasteiger partial charge in [0, 0.05) is 25.6 Å². The molecule has 0 radical (unpaired) electrons. The predicted octanol–water partition coefficient (Wildman–Crippen LogP) is 0.206. The van der Waals surface area contributed by atoms with Gasteiger partial charge in [-0.05, 0) is 26.8 Å². The van der Waals surface area contributed by atoms with E-state index in [-0.39, 0.29) is 11.4 Å². The Kier molecular flexibility index (Phi) is 2.27. The van der Waals surface area contributed by atoms with Gasteiger partial charge in [-0.3, -0.25) is 9.80 Å². The van der Waals surface area contributed by atoms with E-state index in [4.69, 9.17) is 0 Å². The van der Waals surface area contributed by atoms with E-state index in [0.717, 1.165) is 19.5 Å². The summed E-state index contributed by atoms with van der Waals surface area (Å²) in [5.41, 5.74) is -0.0142. The molecule has 2 aliphatic rings. The van der Waals surface area contributed by atoms with Crippen LogP contribution in [0.15, 0.2) is 0 Å². The average molecular weight is 197 g/mol. The van der Waals surface area contributed by atoms with Crippen LogP contribution in [0.25, 0.3) is 0 Å². The van der Waals surface area contributed by atoms with Crippen LogP contribution < -0.4 is 5.32 Å². The van der Waals surface area contributed by atoms with Crippen molar-refractivity contribution in [2.75, 3.05) is 20.1 Å². The fourth-order valence-corrected chi connectivity index (χ4v) is 2.32. The molecule has 2 heterocycles. The molecule has 2 saturated heterocycles. The Labute approximate surface area is 85.2 Å². The molecule has 2 aliphatic heterocycles. The number of hydrazine groups is 1. The van der Waals surface area contributed by atoms with Gasteiger partial charge >= 0.3 is 0 Å². The lowest BCUT2D eigenvalue weighted by molar-refractivity contribution is -0.142. The lowest BCUT2D eigenvalue weighted by Gasteiger charge is -2.36. The van der Waals surface area contributed by atoms with Crippen LogP contribution in [0.1, 0.15) is 26.7 Å². The first kappa shape index (κ1) is 9.93. The zero-order valence-electron chi connectivity index (χ0n) is 9.21. The molecule has 0 bridgehead atoms. The maximum Gasteiger partial charge on any atom is 0.239 e. The Morgan fingerprint density at radius 3 is 2.64 bits per heavy atom. The topological polar surface area (TPSA) is 35.6 Å². The summed E-state index contributed by atoms with van der Waals surface area (Å²) in [4.78, 5) is 11.8. The lowest BCUT2D eigenvalue weighted by atomic mass is 10.0. The highest BCUT2D eigenvalue weighted by Crippen LogP contribution is 2.30. The summed E-state index contributed by atoms with van der Waals surface area (Å²) in [6.45, 7) is 6.20. The molecule has 0 aromatic rings. The van der Waals surface area contributed by atoms with Gasteiger partial charge in [-0.1, -0.05) is 0 Å². The van der Waals surface area contributed by atoms with Crippen molar-refractivity contribution < 1.29 is 4.79 Å². The van der Waals surface area contributed by atoms with Gasteiger partial charge in [0.1, 0.15) is 0 Å².